The maximum absolute atomic E-state index is 6.00. The molecule has 0 N–H and O–H groups in total. The van der Waals surface area contributed by atoms with Gasteiger partial charge in [0, 0.05) is 23.2 Å². The van der Waals surface area contributed by atoms with E-state index in [-0.39, 0.29) is 0 Å². The molecule has 4 aromatic rings. The third kappa shape index (κ3) is 3.49. The number of benzene rings is 2. The summed E-state index contributed by atoms with van der Waals surface area (Å²) in [6, 6.07) is 17.3. The van der Waals surface area contributed by atoms with Gasteiger partial charge in [-0.1, -0.05) is 59.8 Å². The topological polar surface area (TPSA) is 69.6 Å². The van der Waals surface area contributed by atoms with Crippen LogP contribution in [0.5, 0.6) is 0 Å². The molecule has 2 aromatic heterocycles. The molecule has 0 aliphatic carbocycles. The third-order valence-corrected chi connectivity index (χ3v) is 4.97. The molecule has 26 heavy (non-hydrogen) atoms. The van der Waals surface area contributed by atoms with Gasteiger partial charge in [0.05, 0.1) is 5.75 Å². The van der Waals surface area contributed by atoms with E-state index in [1.807, 2.05) is 54.1 Å². The summed E-state index contributed by atoms with van der Waals surface area (Å²) in [4.78, 5) is 0. The molecule has 130 valence electrons. The van der Waals surface area contributed by atoms with Gasteiger partial charge in [0.1, 0.15) is 0 Å². The first kappa shape index (κ1) is 16.8. The van der Waals surface area contributed by atoms with Gasteiger partial charge >= 0.3 is 0 Å². The SMILES string of the molecule is Cn1c(SCc2nnc(-c3cccc(Cl)c3)o2)nnc1-c1ccccc1. The minimum Gasteiger partial charge on any atom is -0.420 e. The molecule has 0 unspecified atom stereocenters. The van der Waals surface area contributed by atoms with Crippen LogP contribution in [0.3, 0.4) is 0 Å². The van der Waals surface area contributed by atoms with E-state index in [4.69, 9.17) is 16.0 Å². The zero-order chi connectivity index (χ0) is 17.9. The Labute approximate surface area is 159 Å². The number of halogens is 1. The van der Waals surface area contributed by atoms with Gasteiger partial charge in [-0.25, -0.2) is 0 Å². The Bertz CT molecular complexity index is 1030. The molecule has 0 saturated carbocycles. The summed E-state index contributed by atoms with van der Waals surface area (Å²) in [6.07, 6.45) is 0. The van der Waals surface area contributed by atoms with Crippen molar-refractivity contribution in [3.63, 3.8) is 0 Å². The van der Waals surface area contributed by atoms with Crippen molar-refractivity contribution in [3.8, 4) is 22.8 Å². The van der Waals surface area contributed by atoms with Crippen LogP contribution < -0.4 is 0 Å². The first-order chi connectivity index (χ1) is 12.7. The Balaban J connectivity index is 1.48. The van der Waals surface area contributed by atoms with Crippen molar-refractivity contribution < 1.29 is 4.42 Å². The van der Waals surface area contributed by atoms with E-state index in [1.165, 1.54) is 11.8 Å². The van der Waals surface area contributed by atoms with Gasteiger partial charge in [-0.15, -0.1) is 20.4 Å². The lowest BCUT2D eigenvalue weighted by Crippen LogP contribution is -1.95. The van der Waals surface area contributed by atoms with E-state index in [2.05, 4.69) is 20.4 Å². The molecular formula is C18H14ClN5OS. The monoisotopic (exact) mass is 383 g/mol. The summed E-state index contributed by atoms with van der Waals surface area (Å²) < 4.78 is 7.67. The number of aromatic nitrogens is 5. The fourth-order valence-corrected chi connectivity index (χ4v) is 3.39. The van der Waals surface area contributed by atoms with Crippen LogP contribution in [0.25, 0.3) is 22.8 Å². The Hall–Kier alpha value is -2.64. The highest BCUT2D eigenvalue weighted by Gasteiger charge is 2.14. The number of nitrogens with zero attached hydrogens (tertiary/aromatic N) is 5. The molecule has 8 heteroatoms. The second-order valence-corrected chi connectivity index (χ2v) is 6.91. The second kappa shape index (κ2) is 7.31. The Morgan fingerprint density at radius 2 is 1.77 bits per heavy atom. The van der Waals surface area contributed by atoms with Crippen LogP contribution in [0, 0.1) is 0 Å². The van der Waals surface area contributed by atoms with Crippen LogP contribution in [0.15, 0.2) is 64.2 Å². The number of hydrogen-bond acceptors (Lipinski definition) is 6. The Morgan fingerprint density at radius 3 is 2.58 bits per heavy atom. The van der Waals surface area contributed by atoms with E-state index in [0.29, 0.717) is 22.6 Å². The van der Waals surface area contributed by atoms with Crippen molar-refractivity contribution in [1.82, 2.24) is 25.0 Å². The molecule has 2 aromatic carbocycles. The normalized spacial score (nSPS) is 11.0. The average Bonchev–Trinajstić information content (AvgIpc) is 3.28. The van der Waals surface area contributed by atoms with Crippen LogP contribution in [-0.4, -0.2) is 25.0 Å². The maximum atomic E-state index is 6.00. The molecular weight excluding hydrogens is 370 g/mol. The lowest BCUT2D eigenvalue weighted by atomic mass is 10.2. The van der Waals surface area contributed by atoms with Crippen molar-refractivity contribution in [1.29, 1.82) is 0 Å². The molecule has 2 heterocycles. The van der Waals surface area contributed by atoms with E-state index >= 15 is 0 Å². The molecule has 0 radical (unpaired) electrons. The highest BCUT2D eigenvalue weighted by atomic mass is 35.5. The molecule has 0 spiro atoms. The summed E-state index contributed by atoms with van der Waals surface area (Å²) in [5.41, 5.74) is 1.82. The largest absolute Gasteiger partial charge is 0.420 e. The number of hydrogen-bond donors (Lipinski definition) is 0. The van der Waals surface area contributed by atoms with Crippen molar-refractivity contribution in [3.05, 3.63) is 65.5 Å². The minimum absolute atomic E-state index is 0.450. The molecule has 0 aliphatic heterocycles. The highest BCUT2D eigenvalue weighted by molar-refractivity contribution is 7.98. The maximum Gasteiger partial charge on any atom is 0.247 e. The quantitative estimate of drug-likeness (QED) is 0.473. The van der Waals surface area contributed by atoms with Crippen molar-refractivity contribution >= 4 is 23.4 Å². The van der Waals surface area contributed by atoms with E-state index < -0.39 is 0 Å². The summed E-state index contributed by atoms with van der Waals surface area (Å²) in [7, 11) is 1.94. The fraction of sp³-hybridized carbons (Fsp3) is 0.111. The van der Waals surface area contributed by atoms with Gasteiger partial charge < -0.3 is 8.98 Å². The summed E-state index contributed by atoms with van der Waals surface area (Å²) in [5, 5.41) is 18.1. The molecule has 0 saturated heterocycles. The van der Waals surface area contributed by atoms with Gasteiger partial charge in [0.25, 0.3) is 0 Å². The predicted octanol–water partition coefficient (Wildman–Crippen LogP) is 4.48. The first-order valence-corrected chi connectivity index (χ1v) is 9.23. The Morgan fingerprint density at radius 1 is 0.962 bits per heavy atom. The van der Waals surface area contributed by atoms with Gasteiger partial charge in [0.2, 0.25) is 11.8 Å². The van der Waals surface area contributed by atoms with E-state index in [9.17, 15) is 0 Å². The Kier molecular flexibility index (Phi) is 4.73. The zero-order valence-corrected chi connectivity index (χ0v) is 15.4. The number of thioether (sulfide) groups is 1. The van der Waals surface area contributed by atoms with Crippen LogP contribution in [-0.2, 0) is 12.8 Å². The highest BCUT2D eigenvalue weighted by Crippen LogP contribution is 2.26. The van der Waals surface area contributed by atoms with Crippen LogP contribution in [0.1, 0.15) is 5.89 Å². The molecule has 0 bridgehead atoms. The van der Waals surface area contributed by atoms with Gasteiger partial charge in [-0.05, 0) is 18.2 Å². The summed E-state index contributed by atoms with van der Waals surface area (Å²) in [5.74, 6) is 2.30. The average molecular weight is 384 g/mol. The summed E-state index contributed by atoms with van der Waals surface area (Å²) in [6.45, 7) is 0. The molecule has 0 fully saturated rings. The van der Waals surface area contributed by atoms with Crippen LogP contribution in [0.4, 0.5) is 0 Å². The van der Waals surface area contributed by atoms with Gasteiger partial charge in [-0.2, -0.15) is 0 Å². The summed E-state index contributed by atoms with van der Waals surface area (Å²) >= 11 is 7.50. The van der Waals surface area contributed by atoms with Crippen LogP contribution in [0.2, 0.25) is 5.02 Å². The lowest BCUT2D eigenvalue weighted by Gasteiger charge is -2.02. The van der Waals surface area contributed by atoms with E-state index in [1.54, 1.807) is 12.1 Å². The van der Waals surface area contributed by atoms with Crippen molar-refractivity contribution in [2.75, 3.05) is 0 Å². The fourth-order valence-electron chi connectivity index (χ4n) is 2.46. The number of rotatable bonds is 5. The third-order valence-electron chi connectivity index (χ3n) is 3.73. The lowest BCUT2D eigenvalue weighted by molar-refractivity contribution is 0.528. The smallest absolute Gasteiger partial charge is 0.247 e. The van der Waals surface area contributed by atoms with E-state index in [0.717, 1.165) is 22.1 Å². The first-order valence-electron chi connectivity index (χ1n) is 7.86. The standard InChI is InChI=1S/C18H14ClN5OS/c1-24-16(12-6-3-2-4-7-12)21-23-18(24)26-11-15-20-22-17(25-15)13-8-5-9-14(19)10-13/h2-10H,11H2,1H3. The molecule has 0 atom stereocenters. The molecule has 6 nitrogen and oxygen atoms in total. The predicted molar refractivity (Wildman–Crippen MR) is 101 cm³/mol. The molecule has 4 rings (SSSR count). The van der Waals surface area contributed by atoms with Gasteiger partial charge in [-0.3, -0.25) is 0 Å². The second-order valence-electron chi connectivity index (χ2n) is 5.53. The molecule has 0 amide bonds. The minimum atomic E-state index is 0.450. The van der Waals surface area contributed by atoms with Crippen molar-refractivity contribution in [2.45, 2.75) is 10.9 Å². The van der Waals surface area contributed by atoms with Crippen molar-refractivity contribution in [2.24, 2.45) is 7.05 Å². The molecule has 0 aliphatic rings. The van der Waals surface area contributed by atoms with Crippen LogP contribution >= 0.6 is 23.4 Å². The van der Waals surface area contributed by atoms with Gasteiger partial charge in [0.15, 0.2) is 11.0 Å². The zero-order valence-electron chi connectivity index (χ0n) is 13.8.